The quantitative estimate of drug-likeness (QED) is 0.760. The highest BCUT2D eigenvalue weighted by Crippen LogP contribution is 2.33. The summed E-state index contributed by atoms with van der Waals surface area (Å²) in [6, 6.07) is 8.52. The van der Waals surface area contributed by atoms with E-state index in [1.807, 2.05) is 6.07 Å². The highest BCUT2D eigenvalue weighted by atomic mass is 19.4. The lowest BCUT2D eigenvalue weighted by atomic mass is 9.84. The van der Waals surface area contributed by atoms with Crippen molar-refractivity contribution in [2.24, 2.45) is 5.92 Å². The fourth-order valence-electron chi connectivity index (χ4n) is 3.48. The van der Waals surface area contributed by atoms with Crippen LogP contribution in [0.3, 0.4) is 0 Å². The van der Waals surface area contributed by atoms with Gasteiger partial charge in [0.15, 0.2) is 0 Å². The lowest BCUT2D eigenvalue weighted by molar-refractivity contribution is -0.137. The Labute approximate surface area is 145 Å². The van der Waals surface area contributed by atoms with Crippen molar-refractivity contribution in [3.05, 3.63) is 53.7 Å². The van der Waals surface area contributed by atoms with Gasteiger partial charge in [-0.15, -0.1) is 0 Å². The van der Waals surface area contributed by atoms with Crippen molar-refractivity contribution < 1.29 is 18.3 Å². The first kappa shape index (κ1) is 17.9. The average molecular weight is 349 g/mol. The molecule has 2 aromatic rings. The minimum Gasteiger partial charge on any atom is -0.388 e. The highest BCUT2D eigenvalue weighted by Gasteiger charge is 2.30. The third-order valence-corrected chi connectivity index (χ3v) is 4.96. The van der Waals surface area contributed by atoms with Crippen LogP contribution >= 0.6 is 0 Å². The van der Waals surface area contributed by atoms with E-state index >= 15 is 0 Å². The number of pyridine rings is 1. The Kier molecular flexibility index (Phi) is 5.42. The summed E-state index contributed by atoms with van der Waals surface area (Å²) < 4.78 is 37.8. The van der Waals surface area contributed by atoms with Crippen LogP contribution in [0.25, 0.3) is 11.3 Å². The molecular weight excluding hydrogens is 327 g/mol. The molecule has 0 spiro atoms. The zero-order valence-electron chi connectivity index (χ0n) is 14.0. The maximum absolute atomic E-state index is 12.6. The fraction of sp³-hybridized carbons (Fsp3) is 0.450. The van der Waals surface area contributed by atoms with E-state index < -0.39 is 17.8 Å². The first-order valence-electron chi connectivity index (χ1n) is 8.75. The van der Waals surface area contributed by atoms with E-state index in [2.05, 4.69) is 4.98 Å². The summed E-state index contributed by atoms with van der Waals surface area (Å²) in [4.78, 5) is 4.31. The third kappa shape index (κ3) is 4.60. The Morgan fingerprint density at radius 2 is 1.68 bits per heavy atom. The van der Waals surface area contributed by atoms with Gasteiger partial charge in [0.1, 0.15) is 0 Å². The van der Waals surface area contributed by atoms with E-state index in [1.54, 1.807) is 12.3 Å². The number of halogens is 3. The Hall–Kier alpha value is -1.88. The first-order valence-corrected chi connectivity index (χ1v) is 8.75. The predicted octanol–water partition coefficient (Wildman–Crippen LogP) is 5.77. The average Bonchev–Trinajstić information content (AvgIpc) is 2.62. The molecule has 1 aromatic heterocycles. The predicted molar refractivity (Wildman–Crippen MR) is 90.8 cm³/mol. The number of alkyl halides is 3. The van der Waals surface area contributed by atoms with Crippen LogP contribution in [0.5, 0.6) is 0 Å². The lowest BCUT2D eigenvalue weighted by Crippen LogP contribution is -2.11. The molecule has 1 saturated carbocycles. The largest absolute Gasteiger partial charge is 0.416 e. The molecule has 5 heteroatoms. The number of hydrogen-bond acceptors (Lipinski definition) is 2. The summed E-state index contributed by atoms with van der Waals surface area (Å²) in [5, 5.41) is 10.4. The summed E-state index contributed by atoms with van der Waals surface area (Å²) >= 11 is 0. The Balaban J connectivity index is 1.67. The molecule has 0 radical (unpaired) electrons. The van der Waals surface area contributed by atoms with Crippen molar-refractivity contribution in [1.29, 1.82) is 0 Å². The SMILES string of the molecule is O[C@@H](CC1CCCCC1)c1ccc(-c2ccc(C(F)(F)F)cc2)nc1. The summed E-state index contributed by atoms with van der Waals surface area (Å²) in [5.74, 6) is 0.568. The molecule has 0 bridgehead atoms. The van der Waals surface area contributed by atoms with Gasteiger partial charge in [0.25, 0.3) is 0 Å². The van der Waals surface area contributed by atoms with E-state index in [0.717, 1.165) is 24.1 Å². The van der Waals surface area contributed by atoms with Crippen molar-refractivity contribution in [1.82, 2.24) is 4.98 Å². The number of rotatable bonds is 4. The molecular formula is C20H22F3NO. The van der Waals surface area contributed by atoms with Crippen LogP contribution in [0, 0.1) is 5.92 Å². The Morgan fingerprint density at radius 3 is 2.24 bits per heavy atom. The number of aliphatic hydroxyl groups excluding tert-OH is 1. The number of benzene rings is 1. The summed E-state index contributed by atoms with van der Waals surface area (Å²) in [6.07, 6.45) is 3.63. The molecule has 2 nitrogen and oxygen atoms in total. The highest BCUT2D eigenvalue weighted by molar-refractivity contribution is 5.59. The number of hydrogen-bond donors (Lipinski definition) is 1. The first-order chi connectivity index (χ1) is 11.9. The van der Waals surface area contributed by atoms with Gasteiger partial charge in [0.2, 0.25) is 0 Å². The van der Waals surface area contributed by atoms with Crippen molar-refractivity contribution in [2.75, 3.05) is 0 Å². The second kappa shape index (κ2) is 7.56. The van der Waals surface area contributed by atoms with Gasteiger partial charge in [-0.2, -0.15) is 13.2 Å². The van der Waals surface area contributed by atoms with Gasteiger partial charge in [0.05, 0.1) is 17.4 Å². The van der Waals surface area contributed by atoms with E-state index in [4.69, 9.17) is 0 Å². The monoisotopic (exact) mass is 349 g/mol. The molecule has 1 aliphatic rings. The van der Waals surface area contributed by atoms with Crippen LogP contribution in [-0.4, -0.2) is 10.1 Å². The Morgan fingerprint density at radius 1 is 1.00 bits per heavy atom. The van der Waals surface area contributed by atoms with Crippen LogP contribution in [0.1, 0.15) is 55.8 Å². The van der Waals surface area contributed by atoms with Gasteiger partial charge in [-0.1, -0.05) is 50.3 Å². The van der Waals surface area contributed by atoms with Gasteiger partial charge >= 0.3 is 6.18 Å². The molecule has 1 atom stereocenters. The zero-order valence-corrected chi connectivity index (χ0v) is 14.0. The summed E-state index contributed by atoms with van der Waals surface area (Å²) in [5.41, 5.74) is 1.32. The number of nitrogens with zero attached hydrogens (tertiary/aromatic N) is 1. The van der Waals surface area contributed by atoms with Crippen LogP contribution in [-0.2, 0) is 6.18 Å². The molecule has 1 heterocycles. The van der Waals surface area contributed by atoms with Gasteiger partial charge in [0, 0.05) is 11.8 Å². The minimum absolute atomic E-state index is 0.530. The summed E-state index contributed by atoms with van der Waals surface area (Å²) in [7, 11) is 0. The Bertz CT molecular complexity index is 674. The smallest absolute Gasteiger partial charge is 0.388 e. The molecule has 0 saturated heterocycles. The standard InChI is InChI=1S/C20H22F3NO/c21-20(22,23)17-9-6-15(7-10-17)18-11-8-16(13-24-18)19(25)12-14-4-2-1-3-5-14/h6-11,13-14,19,25H,1-5,12H2/t19-/m0/s1. The number of aliphatic hydroxyl groups is 1. The molecule has 3 rings (SSSR count). The fourth-order valence-corrected chi connectivity index (χ4v) is 3.48. The zero-order chi connectivity index (χ0) is 17.9. The molecule has 134 valence electrons. The molecule has 1 aliphatic carbocycles. The lowest BCUT2D eigenvalue weighted by Gasteiger charge is -2.24. The normalized spacial score (nSPS) is 17.4. The number of aromatic nitrogens is 1. The molecule has 25 heavy (non-hydrogen) atoms. The van der Waals surface area contributed by atoms with Gasteiger partial charge < -0.3 is 5.11 Å². The molecule has 1 fully saturated rings. The second-order valence-electron chi connectivity index (χ2n) is 6.81. The molecule has 0 amide bonds. The van der Waals surface area contributed by atoms with Crippen LogP contribution in [0.2, 0.25) is 0 Å². The van der Waals surface area contributed by atoms with E-state index in [1.165, 1.54) is 44.2 Å². The van der Waals surface area contributed by atoms with Crippen LogP contribution in [0.15, 0.2) is 42.6 Å². The van der Waals surface area contributed by atoms with E-state index in [-0.39, 0.29) is 0 Å². The molecule has 0 unspecified atom stereocenters. The molecule has 1 N–H and O–H groups in total. The van der Waals surface area contributed by atoms with Gasteiger partial charge in [-0.3, -0.25) is 4.98 Å². The van der Waals surface area contributed by atoms with E-state index in [0.29, 0.717) is 17.2 Å². The maximum atomic E-state index is 12.6. The minimum atomic E-state index is -4.33. The van der Waals surface area contributed by atoms with Crippen molar-refractivity contribution in [3.63, 3.8) is 0 Å². The van der Waals surface area contributed by atoms with Crippen LogP contribution in [0.4, 0.5) is 13.2 Å². The van der Waals surface area contributed by atoms with Crippen molar-refractivity contribution in [2.45, 2.75) is 50.8 Å². The molecule has 1 aromatic carbocycles. The summed E-state index contributed by atoms with van der Waals surface area (Å²) in [6.45, 7) is 0. The van der Waals surface area contributed by atoms with Gasteiger partial charge in [-0.25, -0.2) is 0 Å². The second-order valence-corrected chi connectivity index (χ2v) is 6.81. The molecule has 0 aliphatic heterocycles. The maximum Gasteiger partial charge on any atom is 0.416 e. The topological polar surface area (TPSA) is 33.1 Å². The van der Waals surface area contributed by atoms with Gasteiger partial charge in [-0.05, 0) is 36.1 Å². The van der Waals surface area contributed by atoms with E-state index in [9.17, 15) is 18.3 Å². The van der Waals surface area contributed by atoms with Crippen molar-refractivity contribution in [3.8, 4) is 11.3 Å². The van der Waals surface area contributed by atoms with Crippen LogP contribution < -0.4 is 0 Å². The third-order valence-electron chi connectivity index (χ3n) is 4.96. The van der Waals surface area contributed by atoms with Crippen molar-refractivity contribution >= 4 is 0 Å².